The van der Waals surface area contributed by atoms with Gasteiger partial charge in [-0.05, 0) is 6.07 Å². The van der Waals surface area contributed by atoms with Gasteiger partial charge in [-0.1, -0.05) is 18.2 Å². The fourth-order valence-electron chi connectivity index (χ4n) is 2.73. The van der Waals surface area contributed by atoms with E-state index in [1.165, 1.54) is 22.2 Å². The summed E-state index contributed by atoms with van der Waals surface area (Å²) < 4.78 is 4.97. The Morgan fingerprint density at radius 2 is 2.26 bits per heavy atom. The number of benzene rings is 1. The van der Waals surface area contributed by atoms with Gasteiger partial charge in [-0.15, -0.1) is 0 Å². The Morgan fingerprint density at radius 1 is 1.42 bits per heavy atom. The molecule has 1 aliphatic rings. The van der Waals surface area contributed by atoms with Crippen molar-refractivity contribution in [1.29, 1.82) is 0 Å². The number of rotatable bonds is 3. The number of nitrogens with zero attached hydrogens (tertiary/aromatic N) is 1. The number of fused-ring (bicyclic) bond motifs is 3. The van der Waals surface area contributed by atoms with Crippen molar-refractivity contribution in [3.05, 3.63) is 35.5 Å². The molecule has 1 aromatic carbocycles. The molecule has 100 valence electrons. The van der Waals surface area contributed by atoms with Crippen LogP contribution in [0.1, 0.15) is 17.7 Å². The van der Waals surface area contributed by atoms with Crippen LogP contribution in [0.15, 0.2) is 24.3 Å². The minimum absolute atomic E-state index is 0.179. The van der Waals surface area contributed by atoms with Crippen LogP contribution in [0.25, 0.3) is 10.9 Å². The van der Waals surface area contributed by atoms with E-state index >= 15 is 0 Å². The number of ether oxygens (including phenoxy) is 1. The summed E-state index contributed by atoms with van der Waals surface area (Å²) in [7, 11) is 1.63. The van der Waals surface area contributed by atoms with Crippen LogP contribution in [0.2, 0.25) is 0 Å². The quantitative estimate of drug-likeness (QED) is 0.916. The average molecular weight is 258 g/mol. The minimum atomic E-state index is 0.179. The number of carbonyl (C=O) groups excluding carboxylic acids is 1. The van der Waals surface area contributed by atoms with Gasteiger partial charge in [-0.3, -0.25) is 4.79 Å². The van der Waals surface area contributed by atoms with Crippen LogP contribution in [0.5, 0.6) is 0 Å². The van der Waals surface area contributed by atoms with Crippen molar-refractivity contribution in [3.8, 4) is 0 Å². The Bertz CT molecular complexity index is 603. The van der Waals surface area contributed by atoms with Gasteiger partial charge in [0.25, 0.3) is 0 Å². The molecule has 3 rings (SSSR count). The summed E-state index contributed by atoms with van der Waals surface area (Å²) in [5, 5.41) is 1.24. The highest BCUT2D eigenvalue weighted by Gasteiger charge is 2.23. The summed E-state index contributed by atoms with van der Waals surface area (Å²) in [6.07, 6.45) is 1.37. The number of nitrogens with one attached hydrogen (secondary N) is 1. The van der Waals surface area contributed by atoms with E-state index in [9.17, 15) is 4.79 Å². The van der Waals surface area contributed by atoms with E-state index in [0.717, 1.165) is 13.0 Å². The monoisotopic (exact) mass is 258 g/mol. The van der Waals surface area contributed by atoms with Gasteiger partial charge in [0.05, 0.1) is 13.0 Å². The molecular formula is C15H18N2O2. The fourth-order valence-corrected chi connectivity index (χ4v) is 2.73. The van der Waals surface area contributed by atoms with Gasteiger partial charge in [-0.2, -0.15) is 0 Å². The van der Waals surface area contributed by atoms with Crippen LogP contribution in [-0.2, 0) is 22.5 Å². The highest BCUT2D eigenvalue weighted by molar-refractivity contribution is 5.86. The smallest absolute Gasteiger partial charge is 0.225 e. The highest BCUT2D eigenvalue weighted by Crippen LogP contribution is 2.27. The third-order valence-electron chi connectivity index (χ3n) is 3.76. The zero-order valence-corrected chi connectivity index (χ0v) is 11.1. The molecule has 19 heavy (non-hydrogen) atoms. The van der Waals surface area contributed by atoms with Crippen molar-refractivity contribution in [2.45, 2.75) is 19.4 Å². The Morgan fingerprint density at radius 3 is 3.11 bits per heavy atom. The molecule has 1 aromatic heterocycles. The third kappa shape index (κ3) is 2.24. The zero-order chi connectivity index (χ0) is 13.2. The number of aromatic amines is 1. The first-order valence-electron chi connectivity index (χ1n) is 6.65. The largest absolute Gasteiger partial charge is 0.384 e. The second-order valence-corrected chi connectivity index (χ2v) is 4.94. The van der Waals surface area contributed by atoms with E-state index in [1.807, 2.05) is 17.0 Å². The minimum Gasteiger partial charge on any atom is -0.384 e. The maximum atomic E-state index is 12.1. The normalized spacial score (nSPS) is 14.7. The first kappa shape index (κ1) is 12.2. The average Bonchev–Trinajstić information content (AvgIpc) is 2.82. The van der Waals surface area contributed by atoms with Gasteiger partial charge in [0.1, 0.15) is 0 Å². The van der Waals surface area contributed by atoms with Gasteiger partial charge in [0, 0.05) is 48.8 Å². The lowest BCUT2D eigenvalue weighted by Gasteiger charge is -2.27. The second-order valence-electron chi connectivity index (χ2n) is 4.94. The number of hydrogen-bond acceptors (Lipinski definition) is 2. The van der Waals surface area contributed by atoms with Crippen molar-refractivity contribution in [1.82, 2.24) is 9.88 Å². The molecule has 4 nitrogen and oxygen atoms in total. The molecule has 0 unspecified atom stereocenters. The number of carbonyl (C=O) groups is 1. The molecule has 1 aliphatic heterocycles. The number of hydrogen-bond donors (Lipinski definition) is 1. The SMILES string of the molecule is COCCC(=O)N1CCc2[nH]c3ccccc3c2C1. The molecule has 4 heteroatoms. The van der Waals surface area contributed by atoms with Crippen LogP contribution in [0, 0.1) is 0 Å². The van der Waals surface area contributed by atoms with Gasteiger partial charge < -0.3 is 14.6 Å². The van der Waals surface area contributed by atoms with Crippen molar-refractivity contribution in [2.24, 2.45) is 0 Å². The summed E-state index contributed by atoms with van der Waals surface area (Å²) in [5.74, 6) is 0.179. The summed E-state index contributed by atoms with van der Waals surface area (Å²) in [6, 6.07) is 8.28. The van der Waals surface area contributed by atoms with Crippen LogP contribution in [0.3, 0.4) is 0 Å². The molecule has 0 fully saturated rings. The van der Waals surface area contributed by atoms with Crippen molar-refractivity contribution >= 4 is 16.8 Å². The van der Waals surface area contributed by atoms with Crippen molar-refractivity contribution < 1.29 is 9.53 Å². The number of H-pyrrole nitrogens is 1. The topological polar surface area (TPSA) is 45.3 Å². The lowest BCUT2D eigenvalue weighted by Crippen LogP contribution is -2.36. The van der Waals surface area contributed by atoms with Crippen LogP contribution >= 0.6 is 0 Å². The fraction of sp³-hybridized carbons (Fsp3) is 0.400. The predicted molar refractivity (Wildman–Crippen MR) is 73.9 cm³/mol. The first-order valence-corrected chi connectivity index (χ1v) is 6.65. The van der Waals surface area contributed by atoms with Gasteiger partial charge >= 0.3 is 0 Å². The van der Waals surface area contributed by atoms with E-state index < -0.39 is 0 Å². The van der Waals surface area contributed by atoms with E-state index in [4.69, 9.17) is 4.74 Å². The number of methoxy groups -OCH3 is 1. The first-order chi connectivity index (χ1) is 9.29. The van der Waals surface area contributed by atoms with Crippen LogP contribution < -0.4 is 0 Å². The van der Waals surface area contributed by atoms with E-state index in [-0.39, 0.29) is 5.91 Å². The summed E-state index contributed by atoms with van der Waals surface area (Å²) in [5.41, 5.74) is 3.71. The molecule has 0 saturated carbocycles. The van der Waals surface area contributed by atoms with E-state index in [0.29, 0.717) is 19.6 Å². The summed E-state index contributed by atoms with van der Waals surface area (Å²) >= 11 is 0. The molecule has 1 N–H and O–H groups in total. The maximum absolute atomic E-state index is 12.1. The van der Waals surface area contributed by atoms with Gasteiger partial charge in [0.15, 0.2) is 0 Å². The molecule has 0 bridgehead atoms. The van der Waals surface area contributed by atoms with E-state index in [1.54, 1.807) is 7.11 Å². The van der Waals surface area contributed by atoms with Crippen molar-refractivity contribution in [2.75, 3.05) is 20.3 Å². The molecule has 0 atom stereocenters. The lowest BCUT2D eigenvalue weighted by atomic mass is 10.0. The molecule has 1 amide bonds. The molecule has 0 aliphatic carbocycles. The zero-order valence-electron chi connectivity index (χ0n) is 11.1. The Labute approximate surface area is 112 Å². The predicted octanol–water partition coefficient (Wildman–Crippen LogP) is 2.09. The Kier molecular flexibility index (Phi) is 3.25. The maximum Gasteiger partial charge on any atom is 0.225 e. The highest BCUT2D eigenvalue weighted by atomic mass is 16.5. The van der Waals surface area contributed by atoms with Crippen LogP contribution in [0.4, 0.5) is 0 Å². The second kappa shape index (κ2) is 5.05. The Balaban J connectivity index is 1.84. The molecular weight excluding hydrogens is 240 g/mol. The molecule has 2 heterocycles. The molecule has 0 radical (unpaired) electrons. The third-order valence-corrected chi connectivity index (χ3v) is 3.76. The standard InChI is InChI=1S/C15H18N2O2/c1-19-9-7-15(18)17-8-6-14-12(10-17)11-4-2-3-5-13(11)16-14/h2-5,16H,6-10H2,1H3. The van der Waals surface area contributed by atoms with E-state index in [2.05, 4.69) is 17.1 Å². The molecule has 2 aromatic rings. The molecule has 0 saturated heterocycles. The van der Waals surface area contributed by atoms with Gasteiger partial charge in [-0.25, -0.2) is 0 Å². The Hall–Kier alpha value is -1.81. The molecule has 0 spiro atoms. The van der Waals surface area contributed by atoms with Crippen molar-refractivity contribution in [3.63, 3.8) is 0 Å². The summed E-state index contributed by atoms with van der Waals surface area (Å²) in [6.45, 7) is 2.00. The number of aromatic nitrogens is 1. The van der Waals surface area contributed by atoms with Gasteiger partial charge in [0.2, 0.25) is 5.91 Å². The summed E-state index contributed by atoms with van der Waals surface area (Å²) in [4.78, 5) is 17.4. The number of para-hydroxylation sites is 1. The van der Waals surface area contributed by atoms with Crippen LogP contribution in [-0.4, -0.2) is 36.1 Å². The lowest BCUT2D eigenvalue weighted by molar-refractivity contribution is -0.133. The number of amides is 1.